The zero-order chi connectivity index (χ0) is 24.7. The van der Waals surface area contributed by atoms with Crippen LogP contribution < -0.4 is 11.1 Å². The van der Waals surface area contributed by atoms with Gasteiger partial charge >= 0.3 is 0 Å². The van der Waals surface area contributed by atoms with Gasteiger partial charge < -0.3 is 11.1 Å². The number of aliphatic imine (C=N–C) groups is 1. The minimum absolute atomic E-state index is 0.0435. The van der Waals surface area contributed by atoms with Gasteiger partial charge in [-0.25, -0.2) is 17.9 Å². The van der Waals surface area contributed by atoms with Crippen LogP contribution in [0.15, 0.2) is 39.8 Å². The Morgan fingerprint density at radius 2 is 2.06 bits per heavy atom. The summed E-state index contributed by atoms with van der Waals surface area (Å²) in [6.45, 7) is 5.70. The predicted octanol–water partition coefficient (Wildman–Crippen LogP) is 3.65. The third-order valence-electron chi connectivity index (χ3n) is 6.68. The molecule has 1 aromatic carbocycles. The molecule has 10 heteroatoms. The average Bonchev–Trinajstić information content (AvgIpc) is 2.93. The molecule has 3 N–H and O–H groups in total. The summed E-state index contributed by atoms with van der Waals surface area (Å²) in [5, 5.41) is 11.7. The van der Waals surface area contributed by atoms with Crippen LogP contribution in [0.3, 0.4) is 0 Å². The van der Waals surface area contributed by atoms with Crippen LogP contribution in [0.25, 0.3) is 0 Å². The third-order valence-corrected chi connectivity index (χ3v) is 10.1. The van der Waals surface area contributed by atoms with E-state index in [1.165, 1.54) is 24.4 Å². The Kier molecular flexibility index (Phi) is 5.94. The summed E-state index contributed by atoms with van der Waals surface area (Å²) in [6.07, 6.45) is 3.62. The molecular formula is C24H27FN6O2S. The number of amidine groups is 1. The van der Waals surface area contributed by atoms with Crippen molar-refractivity contribution in [1.29, 1.82) is 5.26 Å². The number of hydrogen-bond acceptors (Lipinski definition) is 7. The molecule has 178 valence electrons. The SMILES string of the molecule is Cc1cc(C#N)cnc1C(=O)Nc1ccc(F)c([C@]2(C)CS3(=O)=NCCCCC3(C)C(N)=N2)c1. The number of hydrogen-bond donors (Lipinski definition) is 2. The van der Waals surface area contributed by atoms with Crippen molar-refractivity contribution < 1.29 is 13.4 Å². The van der Waals surface area contributed by atoms with Gasteiger partial charge in [0.25, 0.3) is 5.91 Å². The summed E-state index contributed by atoms with van der Waals surface area (Å²) >= 11 is 0. The first kappa shape index (κ1) is 23.8. The molecule has 3 heterocycles. The first-order valence-electron chi connectivity index (χ1n) is 11.1. The number of aryl methyl sites for hydroxylation is 1. The molecule has 0 saturated heterocycles. The molecule has 2 unspecified atom stereocenters. The first-order valence-corrected chi connectivity index (χ1v) is 12.7. The summed E-state index contributed by atoms with van der Waals surface area (Å²) in [5.41, 5.74) is 6.73. The van der Waals surface area contributed by atoms with Gasteiger partial charge in [-0.05, 0) is 69.9 Å². The van der Waals surface area contributed by atoms with E-state index in [0.29, 0.717) is 29.8 Å². The number of nitrogens with two attached hydrogens (primary N) is 1. The van der Waals surface area contributed by atoms with E-state index in [4.69, 9.17) is 11.0 Å². The monoisotopic (exact) mass is 482 g/mol. The van der Waals surface area contributed by atoms with Crippen molar-refractivity contribution in [3.63, 3.8) is 0 Å². The van der Waals surface area contributed by atoms with E-state index in [-0.39, 0.29) is 22.8 Å². The Morgan fingerprint density at radius 1 is 1.29 bits per heavy atom. The maximum Gasteiger partial charge on any atom is 0.274 e. The van der Waals surface area contributed by atoms with E-state index in [1.807, 2.05) is 13.0 Å². The van der Waals surface area contributed by atoms with E-state index < -0.39 is 31.7 Å². The quantitative estimate of drug-likeness (QED) is 0.689. The summed E-state index contributed by atoms with van der Waals surface area (Å²) in [5.74, 6) is -0.761. The molecule has 3 atom stereocenters. The number of halogens is 1. The predicted molar refractivity (Wildman–Crippen MR) is 130 cm³/mol. The lowest BCUT2D eigenvalue weighted by atomic mass is 9.92. The van der Waals surface area contributed by atoms with Crippen molar-refractivity contribution in [3.05, 3.63) is 58.7 Å². The van der Waals surface area contributed by atoms with Gasteiger partial charge in [-0.1, -0.05) is 0 Å². The smallest absolute Gasteiger partial charge is 0.274 e. The average molecular weight is 483 g/mol. The normalized spacial score (nSPS) is 28.5. The van der Waals surface area contributed by atoms with Crippen LogP contribution in [0.4, 0.5) is 10.1 Å². The minimum atomic E-state index is -2.80. The molecule has 8 nitrogen and oxygen atoms in total. The molecule has 34 heavy (non-hydrogen) atoms. The topological polar surface area (TPSA) is 134 Å². The van der Waals surface area contributed by atoms with Gasteiger partial charge in [-0.3, -0.25) is 9.79 Å². The minimum Gasteiger partial charge on any atom is -0.386 e. The lowest BCUT2D eigenvalue weighted by Crippen LogP contribution is -2.56. The van der Waals surface area contributed by atoms with Crippen LogP contribution >= 0.6 is 0 Å². The van der Waals surface area contributed by atoms with Crippen molar-refractivity contribution >= 4 is 27.2 Å². The highest BCUT2D eigenvalue weighted by molar-refractivity contribution is 7.95. The molecule has 0 fully saturated rings. The van der Waals surface area contributed by atoms with E-state index in [1.54, 1.807) is 19.9 Å². The third kappa shape index (κ3) is 3.94. The molecule has 0 radical (unpaired) electrons. The van der Waals surface area contributed by atoms with Crippen molar-refractivity contribution in [2.45, 2.75) is 50.3 Å². The Labute approximate surface area is 198 Å². The van der Waals surface area contributed by atoms with Crippen LogP contribution in [-0.4, -0.2) is 38.0 Å². The highest BCUT2D eigenvalue weighted by Gasteiger charge is 2.50. The second kappa shape index (κ2) is 8.47. The Morgan fingerprint density at radius 3 is 2.76 bits per heavy atom. The number of nitriles is 1. The summed E-state index contributed by atoms with van der Waals surface area (Å²) in [7, 11) is -2.80. The van der Waals surface area contributed by atoms with Crippen LogP contribution in [0.2, 0.25) is 0 Å². The highest BCUT2D eigenvalue weighted by Crippen LogP contribution is 2.42. The zero-order valence-corrected chi connectivity index (χ0v) is 20.2. The second-order valence-electron chi connectivity index (χ2n) is 9.25. The Bertz CT molecular complexity index is 1370. The molecule has 2 aliphatic rings. The number of anilines is 1. The Hall–Kier alpha value is -3.32. The molecule has 2 aliphatic heterocycles. The van der Waals surface area contributed by atoms with E-state index in [0.717, 1.165) is 12.8 Å². The van der Waals surface area contributed by atoms with Crippen molar-refractivity contribution in [2.75, 3.05) is 17.6 Å². The van der Waals surface area contributed by atoms with Crippen LogP contribution in [0.1, 0.15) is 60.3 Å². The van der Waals surface area contributed by atoms with Gasteiger partial charge in [0, 0.05) is 24.0 Å². The van der Waals surface area contributed by atoms with E-state index >= 15 is 4.39 Å². The van der Waals surface area contributed by atoms with E-state index in [9.17, 15) is 9.00 Å². The van der Waals surface area contributed by atoms with Gasteiger partial charge in [0.15, 0.2) is 0 Å². The summed E-state index contributed by atoms with van der Waals surface area (Å²) < 4.78 is 32.8. The molecule has 4 rings (SSSR count). The molecule has 0 spiro atoms. The molecule has 0 aliphatic carbocycles. The number of rotatable bonds is 3. The van der Waals surface area contributed by atoms with Crippen molar-refractivity contribution in [2.24, 2.45) is 15.1 Å². The van der Waals surface area contributed by atoms with Crippen LogP contribution in [-0.2, 0) is 15.3 Å². The van der Waals surface area contributed by atoms with Crippen molar-refractivity contribution in [3.8, 4) is 6.07 Å². The molecule has 2 aromatic rings. The molecule has 1 aromatic heterocycles. The molecule has 0 bridgehead atoms. The number of fused-ring (bicyclic) bond motifs is 1. The van der Waals surface area contributed by atoms with E-state index in [2.05, 4.69) is 19.7 Å². The van der Waals surface area contributed by atoms with Gasteiger partial charge in [0.1, 0.15) is 33.7 Å². The molecule has 0 saturated carbocycles. The maximum atomic E-state index is 15.1. The van der Waals surface area contributed by atoms with Crippen LogP contribution in [0.5, 0.6) is 0 Å². The fraction of sp³-hybridized carbons (Fsp3) is 0.417. The summed E-state index contributed by atoms with van der Waals surface area (Å²) in [6, 6.07) is 7.73. The Balaban J connectivity index is 1.71. The number of carbonyl (C=O) groups is 1. The number of nitrogens with zero attached hydrogens (tertiary/aromatic N) is 4. The number of amides is 1. The van der Waals surface area contributed by atoms with Gasteiger partial charge in [-0.2, -0.15) is 5.26 Å². The zero-order valence-electron chi connectivity index (χ0n) is 19.4. The second-order valence-corrected chi connectivity index (χ2v) is 12.0. The fourth-order valence-electron chi connectivity index (χ4n) is 4.60. The van der Waals surface area contributed by atoms with Crippen LogP contribution in [0, 0.1) is 24.1 Å². The number of pyridine rings is 1. The largest absolute Gasteiger partial charge is 0.386 e. The standard InChI is InChI=1S/C24H27FN6O2S/c1-15-10-16(12-26)13-28-20(15)21(32)30-17-6-7-19(25)18(11-17)23(2)14-34(33)24(3,22(27)31-23)8-4-5-9-29-34/h6-7,10-11,13H,4-5,8-9,14H2,1-3H3,(H2,27,31)(H,30,32)/t23-,24?,34?/m0/s1. The summed E-state index contributed by atoms with van der Waals surface area (Å²) in [4.78, 5) is 21.5. The lowest BCUT2D eigenvalue weighted by Gasteiger charge is -2.42. The number of benzene rings is 1. The number of aromatic nitrogens is 1. The van der Waals surface area contributed by atoms with Gasteiger partial charge in [-0.15, -0.1) is 0 Å². The molecular weight excluding hydrogens is 455 g/mol. The maximum absolute atomic E-state index is 15.1. The number of carbonyl (C=O) groups excluding carboxylic acids is 1. The molecule has 1 amide bonds. The fourth-order valence-corrected chi connectivity index (χ4v) is 7.54. The van der Waals surface area contributed by atoms with Gasteiger partial charge in [0.05, 0.1) is 21.0 Å². The van der Waals surface area contributed by atoms with Crippen molar-refractivity contribution in [1.82, 2.24) is 4.98 Å². The lowest BCUT2D eigenvalue weighted by molar-refractivity contribution is 0.102. The highest BCUT2D eigenvalue weighted by atomic mass is 32.2. The first-order chi connectivity index (χ1) is 16.0. The number of nitrogens with one attached hydrogen (secondary N) is 1. The van der Waals surface area contributed by atoms with Gasteiger partial charge in [0.2, 0.25) is 0 Å².